The molecule has 0 aromatic carbocycles. The number of aromatic nitrogens is 1. The zero-order valence-corrected chi connectivity index (χ0v) is 11.2. The van der Waals surface area contributed by atoms with Gasteiger partial charge in [-0.2, -0.15) is 0 Å². The van der Waals surface area contributed by atoms with E-state index in [0.29, 0.717) is 0 Å². The molecule has 0 aliphatic carbocycles. The van der Waals surface area contributed by atoms with Gasteiger partial charge in [-0.05, 0) is 22.0 Å². The van der Waals surface area contributed by atoms with Crippen LogP contribution in [-0.2, 0) is 0 Å². The Kier molecular flexibility index (Phi) is 3.59. The first-order valence-corrected chi connectivity index (χ1v) is 4.83. The van der Waals surface area contributed by atoms with Crippen molar-refractivity contribution in [2.24, 2.45) is 0 Å². The molecule has 2 aromatic heterocycles. The van der Waals surface area contributed by atoms with Gasteiger partial charge in [0.25, 0.3) is 0 Å². The Morgan fingerprint density at radius 3 is 2.85 bits per heavy atom. The van der Waals surface area contributed by atoms with Gasteiger partial charge in [0, 0.05) is 5.38 Å². The Bertz CT molecular complexity index is 450. The van der Waals surface area contributed by atoms with Crippen LogP contribution < -0.4 is 34.7 Å². The van der Waals surface area contributed by atoms with Crippen molar-refractivity contribution >= 4 is 43.5 Å². The summed E-state index contributed by atoms with van der Waals surface area (Å²) in [7, 11) is 0. The molecule has 2 aromatic rings. The van der Waals surface area contributed by atoms with Gasteiger partial charge in [0.1, 0.15) is 0 Å². The van der Waals surface area contributed by atoms with E-state index in [0.717, 1.165) is 14.7 Å². The fourth-order valence-corrected chi connectivity index (χ4v) is 2.53. The van der Waals surface area contributed by atoms with Gasteiger partial charge < -0.3 is 14.9 Å². The molecule has 0 bridgehead atoms. The number of hydrogen-bond donors (Lipinski definition) is 1. The first-order valence-electron chi connectivity index (χ1n) is 3.15. The van der Waals surface area contributed by atoms with E-state index in [9.17, 15) is 9.90 Å². The number of rotatable bonds is 1. The summed E-state index contributed by atoms with van der Waals surface area (Å²) in [5.41, 5.74) is 0.941. The molecule has 2 rings (SSSR count). The molecule has 62 valence electrons. The Balaban J connectivity index is 0.000000845. The number of nitrogens with one attached hydrogen (secondary N) is 1. The predicted molar refractivity (Wildman–Crippen MR) is 48.2 cm³/mol. The van der Waals surface area contributed by atoms with Crippen molar-refractivity contribution in [2.75, 3.05) is 0 Å². The number of carbonyl (C=O) groups is 1. The van der Waals surface area contributed by atoms with Crippen molar-refractivity contribution in [3.05, 3.63) is 21.6 Å². The van der Waals surface area contributed by atoms with Gasteiger partial charge in [-0.3, -0.25) is 0 Å². The zero-order valence-electron chi connectivity index (χ0n) is 6.76. The molecule has 0 radical (unpaired) electrons. The molecule has 0 fully saturated rings. The van der Waals surface area contributed by atoms with Crippen molar-refractivity contribution in [1.29, 1.82) is 0 Å². The van der Waals surface area contributed by atoms with Gasteiger partial charge in [-0.1, -0.05) is 0 Å². The fourth-order valence-electron chi connectivity index (χ4n) is 0.990. The van der Waals surface area contributed by atoms with E-state index in [1.54, 1.807) is 6.07 Å². The molecule has 0 atom stereocenters. The van der Waals surface area contributed by atoms with Gasteiger partial charge >= 0.3 is 29.6 Å². The minimum atomic E-state index is -1.18. The number of H-pyrrole nitrogens is 1. The van der Waals surface area contributed by atoms with Gasteiger partial charge in [0.05, 0.1) is 26.4 Å². The summed E-state index contributed by atoms with van der Waals surface area (Å²) in [6.45, 7) is 0. The summed E-state index contributed by atoms with van der Waals surface area (Å²) in [6.07, 6.45) is 0. The van der Waals surface area contributed by atoms with Crippen LogP contribution in [0.4, 0.5) is 0 Å². The maximum atomic E-state index is 10.4. The van der Waals surface area contributed by atoms with E-state index in [1.807, 2.05) is 5.38 Å². The topological polar surface area (TPSA) is 55.9 Å². The monoisotopic (exact) mass is 267 g/mol. The van der Waals surface area contributed by atoms with Gasteiger partial charge in [-0.25, -0.2) is 0 Å². The van der Waals surface area contributed by atoms with Crippen LogP contribution in [0.2, 0.25) is 0 Å². The number of hydrogen-bond acceptors (Lipinski definition) is 3. The van der Waals surface area contributed by atoms with Crippen LogP contribution in [0.15, 0.2) is 15.9 Å². The minimum Gasteiger partial charge on any atom is -0.543 e. The second-order valence-electron chi connectivity index (χ2n) is 2.29. The maximum Gasteiger partial charge on any atom is 1.00 e. The fraction of sp³-hybridized carbons (Fsp3) is 0. The third kappa shape index (κ3) is 1.99. The molecular formula is C7H3BrNNaO2S. The molecule has 0 spiro atoms. The summed E-state index contributed by atoms with van der Waals surface area (Å²) >= 11 is 4.78. The summed E-state index contributed by atoms with van der Waals surface area (Å²) in [6, 6.07) is 1.57. The second kappa shape index (κ2) is 4.14. The number of fused-ring (bicyclic) bond motifs is 1. The third-order valence-corrected chi connectivity index (χ3v) is 3.39. The number of thiophene rings is 1. The molecule has 3 nitrogen and oxygen atoms in total. The van der Waals surface area contributed by atoms with Crippen LogP contribution in [-0.4, -0.2) is 11.0 Å². The van der Waals surface area contributed by atoms with Crippen molar-refractivity contribution in [3.63, 3.8) is 0 Å². The van der Waals surface area contributed by atoms with E-state index >= 15 is 0 Å². The van der Waals surface area contributed by atoms with Crippen molar-refractivity contribution < 1.29 is 39.5 Å². The van der Waals surface area contributed by atoms with Crippen LogP contribution >= 0.6 is 27.3 Å². The number of aromatic carboxylic acids is 1. The molecule has 0 unspecified atom stereocenters. The molecule has 0 amide bonds. The quantitative estimate of drug-likeness (QED) is 0.631. The molecule has 6 heteroatoms. The summed E-state index contributed by atoms with van der Waals surface area (Å²) < 4.78 is 1.80. The Hall–Kier alpha value is 0.190. The van der Waals surface area contributed by atoms with Crippen LogP contribution in [0.5, 0.6) is 0 Å². The van der Waals surface area contributed by atoms with Crippen LogP contribution in [0.25, 0.3) is 10.2 Å². The Morgan fingerprint density at radius 2 is 2.31 bits per heavy atom. The average Bonchev–Trinajstić information content (AvgIpc) is 2.53. The zero-order chi connectivity index (χ0) is 8.72. The smallest absolute Gasteiger partial charge is 0.543 e. The number of halogens is 1. The van der Waals surface area contributed by atoms with Crippen LogP contribution in [0, 0.1) is 0 Å². The Labute approximate surface area is 109 Å². The molecule has 0 saturated carbocycles. The number of carbonyl (C=O) groups excluding carboxylic acids is 1. The maximum absolute atomic E-state index is 10.4. The number of carboxylic acids is 1. The minimum absolute atomic E-state index is 0. The summed E-state index contributed by atoms with van der Waals surface area (Å²) in [5.74, 6) is -1.18. The van der Waals surface area contributed by atoms with Crippen molar-refractivity contribution in [3.8, 4) is 0 Å². The van der Waals surface area contributed by atoms with E-state index in [4.69, 9.17) is 0 Å². The first kappa shape index (κ1) is 11.3. The molecule has 0 saturated heterocycles. The second-order valence-corrected chi connectivity index (χ2v) is 4.06. The molecule has 0 aliphatic heterocycles. The largest absolute Gasteiger partial charge is 1.00 e. The Morgan fingerprint density at radius 1 is 1.62 bits per heavy atom. The molecule has 2 heterocycles. The van der Waals surface area contributed by atoms with Crippen molar-refractivity contribution in [2.45, 2.75) is 0 Å². The molecular weight excluding hydrogens is 265 g/mol. The van der Waals surface area contributed by atoms with Crippen LogP contribution in [0.1, 0.15) is 10.5 Å². The standard InChI is InChI=1S/C7H4BrNO2S.Na/c8-3-2-12-5-1-4(7(10)11)9-6(3)5;/h1-2,9H,(H,10,11);/q;+1/p-1. The van der Waals surface area contributed by atoms with E-state index < -0.39 is 5.97 Å². The number of aromatic amines is 1. The van der Waals surface area contributed by atoms with Gasteiger partial charge in [0.15, 0.2) is 0 Å². The van der Waals surface area contributed by atoms with Crippen LogP contribution in [0.3, 0.4) is 0 Å². The SMILES string of the molecule is O=C([O-])c1cc2scc(Br)c2[nH]1.[Na+]. The first-order chi connectivity index (χ1) is 5.68. The molecule has 13 heavy (non-hydrogen) atoms. The normalized spacial score (nSPS) is 9.92. The van der Waals surface area contributed by atoms with E-state index in [-0.39, 0.29) is 35.3 Å². The third-order valence-electron chi connectivity index (χ3n) is 1.53. The average molecular weight is 268 g/mol. The molecule has 0 aliphatic rings. The predicted octanol–water partition coefficient (Wildman–Crippen LogP) is -1.64. The van der Waals surface area contributed by atoms with E-state index in [1.165, 1.54) is 11.3 Å². The number of carboxylic acid groups (broad SMARTS) is 1. The van der Waals surface area contributed by atoms with Crippen molar-refractivity contribution in [1.82, 2.24) is 4.98 Å². The van der Waals surface area contributed by atoms with Gasteiger partial charge in [-0.15, -0.1) is 11.3 Å². The summed E-state index contributed by atoms with van der Waals surface area (Å²) in [5, 5.41) is 12.3. The summed E-state index contributed by atoms with van der Waals surface area (Å²) in [4.78, 5) is 13.2. The van der Waals surface area contributed by atoms with Gasteiger partial charge in [0.2, 0.25) is 0 Å². The molecule has 1 N–H and O–H groups in total. The van der Waals surface area contributed by atoms with E-state index in [2.05, 4.69) is 20.9 Å².